The fourth-order valence-electron chi connectivity index (χ4n) is 2.80. The van der Waals surface area contributed by atoms with Crippen molar-refractivity contribution < 1.29 is 19.1 Å². The van der Waals surface area contributed by atoms with Gasteiger partial charge in [-0.15, -0.1) is 0 Å². The molecule has 3 heterocycles. The number of nitrogens with one attached hydrogen (secondary N) is 1. The lowest BCUT2D eigenvalue weighted by Gasteiger charge is -2.32. The van der Waals surface area contributed by atoms with Crippen LogP contribution in [0.4, 0.5) is 0 Å². The van der Waals surface area contributed by atoms with Crippen LogP contribution in [0.1, 0.15) is 29.6 Å². The van der Waals surface area contributed by atoms with Gasteiger partial charge in [0.15, 0.2) is 0 Å². The summed E-state index contributed by atoms with van der Waals surface area (Å²) in [5, 5.41) is 9.25. The van der Waals surface area contributed by atoms with E-state index in [2.05, 4.69) is 4.98 Å². The van der Waals surface area contributed by atoms with Crippen LogP contribution < -0.4 is 5.56 Å². The van der Waals surface area contributed by atoms with Crippen LogP contribution in [-0.4, -0.2) is 39.5 Å². The standard InChI is InChI=1S/C16H16N2O5/c19-14-10(6-7-11(17-14)13-5-3-9-23-13)15(20)18-8-2-1-4-12(18)16(21)22/h3,5-7,9,12H,1-2,4,8H2,(H,17,19)(H,21,22)/t12-/m0/s1. The molecule has 0 saturated carbocycles. The minimum absolute atomic E-state index is 0.0616. The second-order valence-corrected chi connectivity index (χ2v) is 5.44. The number of hydrogen-bond acceptors (Lipinski definition) is 4. The van der Waals surface area contributed by atoms with Crippen molar-refractivity contribution in [3.63, 3.8) is 0 Å². The maximum Gasteiger partial charge on any atom is 0.326 e. The lowest BCUT2D eigenvalue weighted by atomic mass is 10.0. The zero-order valence-electron chi connectivity index (χ0n) is 12.3. The number of aromatic nitrogens is 1. The summed E-state index contributed by atoms with van der Waals surface area (Å²) in [6, 6.07) is 5.50. The summed E-state index contributed by atoms with van der Waals surface area (Å²) in [7, 11) is 0. The molecule has 0 unspecified atom stereocenters. The van der Waals surface area contributed by atoms with Gasteiger partial charge in [-0.1, -0.05) is 0 Å². The van der Waals surface area contributed by atoms with E-state index >= 15 is 0 Å². The first-order valence-electron chi connectivity index (χ1n) is 7.39. The van der Waals surface area contributed by atoms with E-state index in [9.17, 15) is 19.5 Å². The second-order valence-electron chi connectivity index (χ2n) is 5.44. The first kappa shape index (κ1) is 15.1. The number of nitrogens with zero attached hydrogens (tertiary/aromatic N) is 1. The molecule has 1 atom stereocenters. The van der Waals surface area contributed by atoms with Crippen LogP contribution in [0, 0.1) is 0 Å². The van der Waals surface area contributed by atoms with Gasteiger partial charge in [0.05, 0.1) is 12.0 Å². The van der Waals surface area contributed by atoms with Crippen LogP contribution in [0.15, 0.2) is 39.7 Å². The molecule has 0 aliphatic carbocycles. The number of carbonyl (C=O) groups excluding carboxylic acids is 1. The summed E-state index contributed by atoms with van der Waals surface area (Å²) in [6.45, 7) is 0.342. The highest BCUT2D eigenvalue weighted by molar-refractivity contribution is 5.96. The Bertz CT molecular complexity index is 778. The summed E-state index contributed by atoms with van der Waals surface area (Å²) in [5.74, 6) is -1.10. The van der Waals surface area contributed by atoms with E-state index in [0.29, 0.717) is 24.4 Å². The van der Waals surface area contributed by atoms with Crippen molar-refractivity contribution in [3.8, 4) is 11.5 Å². The van der Waals surface area contributed by atoms with Gasteiger partial charge in [-0.25, -0.2) is 4.79 Å². The molecule has 7 nitrogen and oxygen atoms in total. The molecule has 2 aromatic heterocycles. The minimum atomic E-state index is -1.04. The topological polar surface area (TPSA) is 104 Å². The number of carbonyl (C=O) groups is 2. The SMILES string of the molecule is O=C(O)[C@@H]1CCCCN1C(=O)c1ccc(-c2ccco2)[nH]c1=O. The number of hydrogen-bond donors (Lipinski definition) is 2. The molecule has 1 aliphatic heterocycles. The summed E-state index contributed by atoms with van der Waals surface area (Å²) in [4.78, 5) is 39.9. The molecule has 23 heavy (non-hydrogen) atoms. The number of piperidine rings is 1. The van der Waals surface area contributed by atoms with Gasteiger partial charge in [0, 0.05) is 6.54 Å². The maximum atomic E-state index is 12.6. The van der Waals surface area contributed by atoms with Crippen molar-refractivity contribution in [3.05, 3.63) is 46.4 Å². The molecule has 0 spiro atoms. The first-order valence-corrected chi connectivity index (χ1v) is 7.39. The summed E-state index contributed by atoms with van der Waals surface area (Å²) >= 11 is 0. The molecule has 3 rings (SSSR count). The molecule has 1 amide bonds. The number of aromatic amines is 1. The van der Waals surface area contributed by atoms with Crippen molar-refractivity contribution in [2.75, 3.05) is 6.54 Å². The number of carboxylic acids is 1. The van der Waals surface area contributed by atoms with E-state index < -0.39 is 23.5 Å². The van der Waals surface area contributed by atoms with E-state index in [0.717, 1.165) is 12.8 Å². The van der Waals surface area contributed by atoms with Gasteiger partial charge in [-0.2, -0.15) is 0 Å². The number of amides is 1. The maximum absolute atomic E-state index is 12.6. The summed E-state index contributed by atoms with van der Waals surface area (Å²) in [5.41, 5.74) is -0.156. The van der Waals surface area contributed by atoms with Crippen LogP contribution in [0.3, 0.4) is 0 Å². The van der Waals surface area contributed by atoms with Crippen molar-refractivity contribution in [1.29, 1.82) is 0 Å². The molecule has 2 N–H and O–H groups in total. The lowest BCUT2D eigenvalue weighted by molar-refractivity contribution is -0.143. The highest BCUT2D eigenvalue weighted by Crippen LogP contribution is 2.20. The fourth-order valence-corrected chi connectivity index (χ4v) is 2.80. The number of furan rings is 1. The molecular weight excluding hydrogens is 300 g/mol. The van der Waals surface area contributed by atoms with Crippen LogP contribution >= 0.6 is 0 Å². The Labute approximate surface area is 131 Å². The van der Waals surface area contributed by atoms with Crippen molar-refractivity contribution in [2.24, 2.45) is 0 Å². The lowest BCUT2D eigenvalue weighted by Crippen LogP contribution is -2.49. The van der Waals surface area contributed by atoms with Crippen LogP contribution in [-0.2, 0) is 4.79 Å². The molecule has 0 aromatic carbocycles. The average Bonchev–Trinajstić information content (AvgIpc) is 3.08. The third-order valence-electron chi connectivity index (χ3n) is 3.98. The Kier molecular flexibility index (Phi) is 4.01. The predicted octanol–water partition coefficient (Wildman–Crippen LogP) is 1.71. The normalized spacial score (nSPS) is 17.9. The molecule has 1 aliphatic rings. The Balaban J connectivity index is 1.90. The van der Waals surface area contributed by atoms with E-state index in [1.807, 2.05) is 0 Å². The van der Waals surface area contributed by atoms with Crippen molar-refractivity contribution >= 4 is 11.9 Å². The Morgan fingerprint density at radius 2 is 2.09 bits per heavy atom. The molecule has 1 saturated heterocycles. The van der Waals surface area contributed by atoms with Gasteiger partial charge in [0.25, 0.3) is 11.5 Å². The molecule has 1 fully saturated rings. The predicted molar refractivity (Wildman–Crippen MR) is 81.1 cm³/mol. The van der Waals surface area contributed by atoms with E-state index in [1.165, 1.54) is 17.2 Å². The minimum Gasteiger partial charge on any atom is -0.480 e. The molecule has 0 bridgehead atoms. The molecule has 120 valence electrons. The molecule has 0 radical (unpaired) electrons. The molecule has 2 aromatic rings. The number of aliphatic carboxylic acids is 1. The van der Waals surface area contributed by atoms with E-state index in [1.54, 1.807) is 18.2 Å². The Morgan fingerprint density at radius 1 is 1.26 bits per heavy atom. The Hall–Kier alpha value is -2.83. The number of pyridine rings is 1. The highest BCUT2D eigenvalue weighted by atomic mass is 16.4. The van der Waals surface area contributed by atoms with Crippen LogP contribution in [0.2, 0.25) is 0 Å². The average molecular weight is 316 g/mol. The number of H-pyrrole nitrogens is 1. The monoisotopic (exact) mass is 316 g/mol. The van der Waals surface area contributed by atoms with Crippen LogP contribution in [0.5, 0.6) is 0 Å². The molecule has 7 heteroatoms. The van der Waals surface area contributed by atoms with Crippen molar-refractivity contribution in [1.82, 2.24) is 9.88 Å². The van der Waals surface area contributed by atoms with E-state index in [-0.39, 0.29) is 5.56 Å². The van der Waals surface area contributed by atoms with Crippen LogP contribution in [0.25, 0.3) is 11.5 Å². The second kappa shape index (κ2) is 6.12. The van der Waals surface area contributed by atoms with Crippen molar-refractivity contribution in [2.45, 2.75) is 25.3 Å². The summed E-state index contributed by atoms with van der Waals surface area (Å²) < 4.78 is 5.20. The first-order chi connectivity index (χ1) is 11.1. The number of likely N-dealkylation sites (tertiary alicyclic amines) is 1. The number of carboxylic acid groups (broad SMARTS) is 1. The number of rotatable bonds is 3. The summed E-state index contributed by atoms with van der Waals surface area (Å²) in [6.07, 6.45) is 3.38. The zero-order chi connectivity index (χ0) is 16.4. The van der Waals surface area contributed by atoms with Gasteiger partial charge in [0.1, 0.15) is 17.4 Å². The smallest absolute Gasteiger partial charge is 0.326 e. The quantitative estimate of drug-likeness (QED) is 0.897. The fraction of sp³-hybridized carbons (Fsp3) is 0.312. The Morgan fingerprint density at radius 3 is 2.74 bits per heavy atom. The van der Waals surface area contributed by atoms with Gasteiger partial charge >= 0.3 is 5.97 Å². The van der Waals surface area contributed by atoms with Gasteiger partial charge in [-0.05, 0) is 43.5 Å². The third-order valence-corrected chi connectivity index (χ3v) is 3.98. The van der Waals surface area contributed by atoms with Gasteiger partial charge in [0.2, 0.25) is 0 Å². The largest absolute Gasteiger partial charge is 0.480 e. The van der Waals surface area contributed by atoms with E-state index in [4.69, 9.17) is 4.42 Å². The van der Waals surface area contributed by atoms with Gasteiger partial charge in [-0.3, -0.25) is 9.59 Å². The molecular formula is C16H16N2O5. The third kappa shape index (κ3) is 2.90. The van der Waals surface area contributed by atoms with Gasteiger partial charge < -0.3 is 19.4 Å². The highest BCUT2D eigenvalue weighted by Gasteiger charge is 2.33. The zero-order valence-corrected chi connectivity index (χ0v) is 12.3.